The summed E-state index contributed by atoms with van der Waals surface area (Å²) < 4.78 is 0.122. The van der Waals surface area contributed by atoms with Gasteiger partial charge in [0.1, 0.15) is 5.82 Å². The Kier molecular flexibility index (Phi) is 5.47. The molecule has 0 spiro atoms. The van der Waals surface area contributed by atoms with Crippen LogP contribution in [0.4, 0.5) is 5.82 Å². The molecule has 1 amide bonds. The third kappa shape index (κ3) is 3.63. The molecule has 0 saturated carbocycles. The van der Waals surface area contributed by atoms with Gasteiger partial charge >= 0.3 is 0 Å². The van der Waals surface area contributed by atoms with Crippen LogP contribution in [0.25, 0.3) is 0 Å². The van der Waals surface area contributed by atoms with Crippen molar-refractivity contribution in [3.05, 3.63) is 23.9 Å². The van der Waals surface area contributed by atoms with Crippen LogP contribution in [-0.2, 0) is 0 Å². The maximum Gasteiger partial charge on any atom is 0.252 e. The third-order valence-electron chi connectivity index (χ3n) is 3.34. The standard InChI is InChI=1S/C13H21N3OS/c1-4-13(5-2,18-3)9-16-12(17)10-6-7-11(14)15-8-10/h6-8H,4-5,9H2,1-3H3,(H2,14,15)(H,16,17). The SMILES string of the molecule is CCC(CC)(CNC(=O)c1ccc(N)nc1)SC. The van der Waals surface area contributed by atoms with Gasteiger partial charge in [0.2, 0.25) is 0 Å². The molecule has 0 atom stereocenters. The molecule has 0 fully saturated rings. The van der Waals surface area contributed by atoms with Crippen molar-refractivity contribution in [1.82, 2.24) is 10.3 Å². The first-order valence-corrected chi connectivity index (χ1v) is 7.34. The van der Waals surface area contributed by atoms with Crippen LogP contribution in [0, 0.1) is 0 Å². The summed E-state index contributed by atoms with van der Waals surface area (Å²) in [6, 6.07) is 3.33. The molecule has 4 nitrogen and oxygen atoms in total. The average Bonchev–Trinajstić information content (AvgIpc) is 2.41. The van der Waals surface area contributed by atoms with Crippen LogP contribution in [0.3, 0.4) is 0 Å². The second kappa shape index (κ2) is 6.64. The maximum absolute atomic E-state index is 11.9. The summed E-state index contributed by atoms with van der Waals surface area (Å²) in [5.41, 5.74) is 6.04. The van der Waals surface area contributed by atoms with E-state index in [2.05, 4.69) is 30.4 Å². The molecule has 0 saturated heterocycles. The number of carbonyl (C=O) groups excluding carboxylic acids is 1. The third-order valence-corrected chi connectivity index (χ3v) is 4.93. The van der Waals surface area contributed by atoms with Crippen molar-refractivity contribution in [1.29, 1.82) is 0 Å². The molecule has 100 valence electrons. The van der Waals surface area contributed by atoms with Crippen molar-refractivity contribution in [2.75, 3.05) is 18.5 Å². The molecule has 0 unspecified atom stereocenters. The van der Waals surface area contributed by atoms with E-state index in [0.29, 0.717) is 17.9 Å². The first kappa shape index (κ1) is 14.8. The number of hydrogen-bond donors (Lipinski definition) is 2. The quantitative estimate of drug-likeness (QED) is 0.830. The summed E-state index contributed by atoms with van der Waals surface area (Å²) in [6.07, 6.45) is 5.66. The van der Waals surface area contributed by atoms with Gasteiger partial charge in [0, 0.05) is 17.5 Å². The van der Waals surface area contributed by atoms with E-state index < -0.39 is 0 Å². The second-order valence-corrected chi connectivity index (χ2v) is 5.52. The van der Waals surface area contributed by atoms with Gasteiger partial charge in [-0.15, -0.1) is 0 Å². The zero-order valence-electron chi connectivity index (χ0n) is 11.2. The second-order valence-electron chi connectivity index (χ2n) is 4.25. The Labute approximate surface area is 113 Å². The number of anilines is 1. The van der Waals surface area contributed by atoms with Gasteiger partial charge in [0.15, 0.2) is 0 Å². The van der Waals surface area contributed by atoms with E-state index in [1.807, 2.05) is 0 Å². The number of nitrogens with zero attached hydrogens (tertiary/aromatic N) is 1. The molecule has 0 aliphatic heterocycles. The van der Waals surface area contributed by atoms with Crippen molar-refractivity contribution < 1.29 is 4.79 Å². The van der Waals surface area contributed by atoms with Crippen molar-refractivity contribution in [3.63, 3.8) is 0 Å². The highest BCUT2D eigenvalue weighted by Crippen LogP contribution is 2.29. The highest BCUT2D eigenvalue weighted by molar-refractivity contribution is 8.00. The van der Waals surface area contributed by atoms with E-state index in [1.54, 1.807) is 23.9 Å². The molecule has 1 rings (SSSR count). The minimum absolute atomic E-state index is 0.0946. The number of amides is 1. The molecule has 0 bridgehead atoms. The number of carbonyl (C=O) groups is 1. The van der Waals surface area contributed by atoms with Crippen molar-refractivity contribution in [2.45, 2.75) is 31.4 Å². The molecule has 1 aromatic rings. The fourth-order valence-electron chi connectivity index (χ4n) is 1.74. The number of thioether (sulfide) groups is 1. The van der Waals surface area contributed by atoms with Gasteiger partial charge in [-0.05, 0) is 31.2 Å². The monoisotopic (exact) mass is 267 g/mol. The summed E-state index contributed by atoms with van der Waals surface area (Å²) in [6.45, 7) is 4.97. The zero-order valence-corrected chi connectivity index (χ0v) is 12.0. The largest absolute Gasteiger partial charge is 0.384 e. The number of nitrogen functional groups attached to an aromatic ring is 1. The molecule has 1 aromatic heterocycles. The fraction of sp³-hybridized carbons (Fsp3) is 0.538. The Morgan fingerprint density at radius 3 is 2.56 bits per heavy atom. The number of rotatable bonds is 6. The van der Waals surface area contributed by atoms with E-state index in [4.69, 9.17) is 5.73 Å². The lowest BCUT2D eigenvalue weighted by Crippen LogP contribution is -2.39. The van der Waals surface area contributed by atoms with Crippen LogP contribution in [0.5, 0.6) is 0 Å². The van der Waals surface area contributed by atoms with Gasteiger partial charge in [-0.25, -0.2) is 4.98 Å². The van der Waals surface area contributed by atoms with E-state index in [-0.39, 0.29) is 10.7 Å². The Bertz CT molecular complexity index is 379. The summed E-state index contributed by atoms with van der Waals surface area (Å²) in [5, 5.41) is 2.97. The molecule has 0 aromatic carbocycles. The molecule has 0 radical (unpaired) electrons. The van der Waals surface area contributed by atoms with Gasteiger partial charge in [-0.1, -0.05) is 13.8 Å². The molecular weight excluding hydrogens is 246 g/mol. The highest BCUT2D eigenvalue weighted by Gasteiger charge is 2.25. The van der Waals surface area contributed by atoms with Gasteiger partial charge in [-0.3, -0.25) is 4.79 Å². The van der Waals surface area contributed by atoms with Crippen LogP contribution >= 0.6 is 11.8 Å². The minimum atomic E-state index is -0.0946. The van der Waals surface area contributed by atoms with Crippen LogP contribution < -0.4 is 11.1 Å². The van der Waals surface area contributed by atoms with Crippen molar-refractivity contribution in [3.8, 4) is 0 Å². The Hall–Kier alpha value is -1.23. The number of aromatic nitrogens is 1. The van der Waals surface area contributed by atoms with Gasteiger partial charge in [0.25, 0.3) is 5.91 Å². The number of nitrogens with two attached hydrogens (primary N) is 1. The molecule has 18 heavy (non-hydrogen) atoms. The molecule has 5 heteroatoms. The van der Waals surface area contributed by atoms with Crippen LogP contribution in [0.2, 0.25) is 0 Å². The Morgan fingerprint density at radius 1 is 1.44 bits per heavy atom. The fourth-order valence-corrected chi connectivity index (χ4v) is 2.54. The van der Waals surface area contributed by atoms with E-state index in [0.717, 1.165) is 12.8 Å². The lowest BCUT2D eigenvalue weighted by Gasteiger charge is -2.29. The molecular formula is C13H21N3OS. The predicted molar refractivity (Wildman–Crippen MR) is 77.8 cm³/mol. The summed E-state index contributed by atoms with van der Waals surface area (Å²) in [7, 11) is 0. The normalized spacial score (nSPS) is 11.3. The molecule has 1 heterocycles. The number of hydrogen-bond acceptors (Lipinski definition) is 4. The van der Waals surface area contributed by atoms with E-state index >= 15 is 0 Å². The zero-order chi connectivity index (χ0) is 13.6. The van der Waals surface area contributed by atoms with Crippen molar-refractivity contribution in [2.24, 2.45) is 0 Å². The van der Waals surface area contributed by atoms with Crippen molar-refractivity contribution >= 4 is 23.5 Å². The first-order chi connectivity index (χ1) is 8.56. The highest BCUT2D eigenvalue weighted by atomic mass is 32.2. The number of nitrogens with one attached hydrogen (secondary N) is 1. The average molecular weight is 267 g/mol. The van der Waals surface area contributed by atoms with Gasteiger partial charge in [-0.2, -0.15) is 11.8 Å². The minimum Gasteiger partial charge on any atom is -0.384 e. The topological polar surface area (TPSA) is 68.0 Å². The first-order valence-electron chi connectivity index (χ1n) is 6.11. The Balaban J connectivity index is 2.63. The van der Waals surface area contributed by atoms with Gasteiger partial charge in [0.05, 0.1) is 5.56 Å². The summed E-state index contributed by atoms with van der Waals surface area (Å²) in [5.74, 6) is 0.329. The van der Waals surface area contributed by atoms with Crippen LogP contribution in [0.1, 0.15) is 37.0 Å². The lowest BCUT2D eigenvalue weighted by atomic mass is 10.0. The number of pyridine rings is 1. The lowest BCUT2D eigenvalue weighted by molar-refractivity contribution is 0.0948. The van der Waals surface area contributed by atoms with Gasteiger partial charge < -0.3 is 11.1 Å². The molecule has 0 aliphatic rings. The predicted octanol–water partition coefficient (Wildman–Crippen LogP) is 2.32. The maximum atomic E-state index is 11.9. The summed E-state index contributed by atoms with van der Waals surface area (Å²) in [4.78, 5) is 15.9. The van der Waals surface area contributed by atoms with E-state index in [1.165, 1.54) is 6.20 Å². The molecule has 3 N–H and O–H groups in total. The summed E-state index contributed by atoms with van der Waals surface area (Å²) >= 11 is 1.81. The smallest absolute Gasteiger partial charge is 0.252 e. The van der Waals surface area contributed by atoms with E-state index in [9.17, 15) is 4.79 Å². The van der Waals surface area contributed by atoms with Crippen LogP contribution in [-0.4, -0.2) is 28.4 Å². The molecule has 0 aliphatic carbocycles. The Morgan fingerprint density at radius 2 is 2.11 bits per heavy atom. The van der Waals surface area contributed by atoms with Crippen LogP contribution in [0.15, 0.2) is 18.3 Å².